The molecule has 2 saturated heterocycles. The summed E-state index contributed by atoms with van der Waals surface area (Å²) < 4.78 is 32.4. The van der Waals surface area contributed by atoms with Crippen molar-refractivity contribution in [1.82, 2.24) is 9.88 Å². The second-order valence-corrected chi connectivity index (χ2v) is 13.1. The van der Waals surface area contributed by atoms with E-state index in [2.05, 4.69) is 38.5 Å². The molecular weight excluding hydrogens is 528 g/mol. The third-order valence-electron chi connectivity index (χ3n) is 8.65. The number of H-pyrrole nitrogens is 1. The van der Waals surface area contributed by atoms with Gasteiger partial charge in [-0.3, -0.25) is 14.9 Å². The van der Waals surface area contributed by atoms with Gasteiger partial charge in [-0.25, -0.2) is 13.4 Å². The molecule has 0 radical (unpaired) electrons. The number of piperazine rings is 1. The van der Waals surface area contributed by atoms with Crippen LogP contribution in [0.2, 0.25) is 0 Å². The van der Waals surface area contributed by atoms with E-state index >= 15 is 0 Å². The molecule has 40 heavy (non-hydrogen) atoms. The molecule has 2 fully saturated rings. The number of para-hydroxylation sites is 1. The lowest BCUT2D eigenvalue weighted by Crippen LogP contribution is -2.47. The average molecular weight is 563 g/mol. The van der Waals surface area contributed by atoms with Gasteiger partial charge in [-0.2, -0.15) is 0 Å². The summed E-state index contributed by atoms with van der Waals surface area (Å²) in [6, 6.07) is 14.9. The molecule has 0 spiro atoms. The van der Waals surface area contributed by atoms with Crippen molar-refractivity contribution >= 4 is 38.7 Å². The van der Waals surface area contributed by atoms with E-state index in [4.69, 9.17) is 15.5 Å². The maximum atomic E-state index is 12.6. The Labute approximate surface area is 234 Å². The monoisotopic (exact) mass is 562 g/mol. The highest BCUT2D eigenvalue weighted by Crippen LogP contribution is 2.42. The maximum absolute atomic E-state index is 12.6. The quantitative estimate of drug-likeness (QED) is 0.373. The molecule has 1 aromatic heterocycles. The lowest BCUT2D eigenvalue weighted by molar-refractivity contribution is 0.292. The molecule has 1 unspecified atom stereocenters. The lowest BCUT2D eigenvalue weighted by Gasteiger charge is -2.36. The first-order chi connectivity index (χ1) is 19.1. The van der Waals surface area contributed by atoms with E-state index in [1.165, 1.54) is 17.0 Å². The van der Waals surface area contributed by atoms with E-state index in [0.29, 0.717) is 59.4 Å². The van der Waals surface area contributed by atoms with Gasteiger partial charge in [0.05, 0.1) is 35.9 Å². The van der Waals surface area contributed by atoms with E-state index in [1.54, 1.807) is 7.11 Å². The zero-order valence-corrected chi connectivity index (χ0v) is 23.6. The van der Waals surface area contributed by atoms with Gasteiger partial charge < -0.3 is 25.3 Å². The van der Waals surface area contributed by atoms with Crippen LogP contribution < -0.4 is 30.3 Å². The number of sulfonamides is 1. The molecule has 0 amide bonds. The summed E-state index contributed by atoms with van der Waals surface area (Å²) >= 11 is 0. The SMILES string of the molecule is COc1cc(N2C[C@@H]3C[C@H]2CN3C)ccc1C1(N)N=C(Nc2cccc3c2N(S(C)(=O)=O)CC3)c2cc[nH]c2N1. The summed E-state index contributed by atoms with van der Waals surface area (Å²) in [6.45, 7) is 2.47. The van der Waals surface area contributed by atoms with Crippen molar-refractivity contribution in [2.24, 2.45) is 10.7 Å². The number of amidine groups is 1. The molecule has 3 atom stereocenters. The van der Waals surface area contributed by atoms with Crippen LogP contribution in [0.5, 0.6) is 5.75 Å². The predicted octanol–water partition coefficient (Wildman–Crippen LogP) is 2.29. The molecule has 210 valence electrons. The Morgan fingerprint density at radius 3 is 2.75 bits per heavy atom. The summed E-state index contributed by atoms with van der Waals surface area (Å²) in [6.07, 6.45) is 4.88. The first-order valence-electron chi connectivity index (χ1n) is 13.5. The van der Waals surface area contributed by atoms with E-state index in [0.717, 1.165) is 29.9 Å². The molecule has 11 nitrogen and oxygen atoms in total. The van der Waals surface area contributed by atoms with Gasteiger partial charge in [0.15, 0.2) is 0 Å². The van der Waals surface area contributed by atoms with E-state index < -0.39 is 15.8 Å². The molecule has 4 aliphatic heterocycles. The number of nitrogens with one attached hydrogen (secondary N) is 3. The number of benzene rings is 2. The molecule has 12 heteroatoms. The van der Waals surface area contributed by atoms with E-state index in [-0.39, 0.29) is 0 Å². The number of anilines is 4. The summed E-state index contributed by atoms with van der Waals surface area (Å²) in [5.74, 6) is 0.532. The summed E-state index contributed by atoms with van der Waals surface area (Å²) in [7, 11) is 0.407. The van der Waals surface area contributed by atoms with Crippen LogP contribution in [0.25, 0.3) is 0 Å². The van der Waals surface area contributed by atoms with Gasteiger partial charge >= 0.3 is 0 Å². The number of nitrogens with zero attached hydrogens (tertiary/aromatic N) is 4. The second-order valence-electron chi connectivity index (χ2n) is 11.2. The van der Waals surface area contributed by atoms with Crippen LogP contribution in [0.15, 0.2) is 53.7 Å². The summed E-state index contributed by atoms with van der Waals surface area (Å²) in [4.78, 5) is 13.1. The van der Waals surface area contributed by atoms with Crippen molar-refractivity contribution in [2.45, 2.75) is 30.7 Å². The Morgan fingerprint density at radius 2 is 2.02 bits per heavy atom. The smallest absolute Gasteiger partial charge is 0.232 e. The third-order valence-corrected chi connectivity index (χ3v) is 9.82. The van der Waals surface area contributed by atoms with Gasteiger partial charge in [-0.1, -0.05) is 12.1 Å². The van der Waals surface area contributed by atoms with Gasteiger partial charge in [0, 0.05) is 49.7 Å². The molecule has 7 rings (SSSR count). The number of fused-ring (bicyclic) bond motifs is 4. The maximum Gasteiger partial charge on any atom is 0.232 e. The first kappa shape index (κ1) is 25.2. The highest BCUT2D eigenvalue weighted by atomic mass is 32.2. The summed E-state index contributed by atoms with van der Waals surface area (Å²) in [5, 5.41) is 6.77. The number of rotatable bonds is 5. The fourth-order valence-electron chi connectivity index (χ4n) is 6.69. The second kappa shape index (κ2) is 8.88. The van der Waals surface area contributed by atoms with Crippen LogP contribution in [-0.4, -0.2) is 76.3 Å². The largest absolute Gasteiger partial charge is 0.496 e. The van der Waals surface area contributed by atoms with Crippen LogP contribution in [0.3, 0.4) is 0 Å². The average Bonchev–Trinajstić information content (AvgIpc) is 3.71. The predicted molar refractivity (Wildman–Crippen MR) is 158 cm³/mol. The molecule has 4 aliphatic rings. The highest BCUT2D eigenvalue weighted by Gasteiger charge is 2.42. The van der Waals surface area contributed by atoms with Crippen molar-refractivity contribution in [3.63, 3.8) is 0 Å². The van der Waals surface area contributed by atoms with Crippen LogP contribution in [-0.2, 0) is 22.2 Å². The Kier molecular flexibility index (Phi) is 5.61. The van der Waals surface area contributed by atoms with Crippen molar-refractivity contribution < 1.29 is 13.2 Å². The van der Waals surface area contributed by atoms with E-state index in [1.807, 2.05) is 42.6 Å². The molecule has 0 saturated carbocycles. The van der Waals surface area contributed by atoms with Crippen LogP contribution in [0.4, 0.5) is 22.9 Å². The number of hydrogen-bond acceptors (Lipinski definition) is 9. The zero-order valence-electron chi connectivity index (χ0n) is 22.8. The standard InChI is InChI=1S/C28H34N8O3S/c1-34-15-20-13-19(34)16-35(20)18-7-8-22(24(14-18)39-2)28(29)32-26-21(9-11-30-26)27(33-28)31-23-6-4-5-17-10-12-36(25(17)23)40(3,37)38/h4-9,11,14,19-20,30,32H,10,12-13,15-16,29H2,1-3H3,(H,31,33)/t19-,20-,28?/m0/s1. The minimum atomic E-state index is -3.43. The van der Waals surface area contributed by atoms with Gasteiger partial charge in [-0.05, 0) is 49.7 Å². The Balaban J connectivity index is 1.26. The number of aromatic amines is 1. The van der Waals surface area contributed by atoms with Crippen molar-refractivity contribution in [1.29, 1.82) is 0 Å². The number of aromatic nitrogens is 1. The topological polar surface area (TPSA) is 131 Å². The third kappa shape index (κ3) is 3.93. The number of aliphatic imine (C=N–C) groups is 1. The molecule has 3 aromatic rings. The number of methoxy groups -OCH3 is 1. The molecule has 5 N–H and O–H groups in total. The lowest BCUT2D eigenvalue weighted by atomic mass is 10.0. The number of likely N-dealkylation sites (N-methyl/N-ethyl adjacent to an activating group) is 1. The van der Waals surface area contributed by atoms with Crippen LogP contribution in [0, 0.1) is 0 Å². The van der Waals surface area contributed by atoms with E-state index in [9.17, 15) is 8.42 Å². The van der Waals surface area contributed by atoms with Crippen molar-refractivity contribution in [3.05, 3.63) is 65.4 Å². The summed E-state index contributed by atoms with van der Waals surface area (Å²) in [5.41, 5.74) is 11.9. The highest BCUT2D eigenvalue weighted by molar-refractivity contribution is 7.92. The molecule has 2 bridgehead atoms. The number of ether oxygens (including phenoxy) is 1. The fourth-order valence-corrected chi connectivity index (χ4v) is 7.66. The Bertz CT molecular complexity index is 1630. The van der Waals surface area contributed by atoms with Gasteiger partial charge in [0.1, 0.15) is 17.4 Å². The number of nitrogens with two attached hydrogens (primary N) is 1. The van der Waals surface area contributed by atoms with Crippen molar-refractivity contribution in [3.8, 4) is 5.75 Å². The van der Waals surface area contributed by atoms with Crippen molar-refractivity contribution in [2.75, 3.05) is 59.9 Å². The molecule has 5 heterocycles. The minimum absolute atomic E-state index is 0.412. The number of hydrogen-bond donors (Lipinski definition) is 4. The Morgan fingerprint density at radius 1 is 1.18 bits per heavy atom. The van der Waals surface area contributed by atoms with Crippen LogP contribution >= 0.6 is 0 Å². The molecule has 0 aliphatic carbocycles. The van der Waals surface area contributed by atoms with Gasteiger partial charge in [0.25, 0.3) is 0 Å². The molecule has 2 aromatic carbocycles. The van der Waals surface area contributed by atoms with Gasteiger partial charge in [0.2, 0.25) is 15.8 Å². The minimum Gasteiger partial charge on any atom is -0.496 e. The zero-order chi connectivity index (χ0) is 27.8. The van der Waals surface area contributed by atoms with Gasteiger partial charge in [-0.15, -0.1) is 0 Å². The normalized spacial score (nSPS) is 25.4. The van der Waals surface area contributed by atoms with Crippen LogP contribution in [0.1, 0.15) is 23.1 Å². The fraction of sp³-hybridized carbons (Fsp3) is 0.393. The number of likely N-dealkylation sites (tertiary alicyclic amines) is 1. The Hall–Kier alpha value is -3.74. The first-order valence-corrected chi connectivity index (χ1v) is 15.4. The molecular formula is C28H34N8O3S.